The van der Waals surface area contributed by atoms with Gasteiger partial charge in [0.05, 0.1) is 11.2 Å². The Kier molecular flexibility index (Phi) is 3.74. The maximum atomic E-state index is 12.0. The number of nitrogens with zero attached hydrogens (tertiary/aromatic N) is 4. The quantitative estimate of drug-likeness (QED) is 0.799. The number of aryl methyl sites for hydroxylation is 1. The number of pyridine rings is 1. The minimum Gasteiger partial charge on any atom is -0.347 e. The molecule has 0 saturated heterocycles. The molecular weight excluding hydrogens is 286 g/mol. The molecule has 0 fully saturated rings. The predicted octanol–water partition coefficient (Wildman–Crippen LogP) is 1.96. The van der Waals surface area contributed by atoms with Gasteiger partial charge in [0.2, 0.25) is 0 Å². The summed E-state index contributed by atoms with van der Waals surface area (Å²) in [6.45, 7) is 2.26. The topological polar surface area (TPSA) is 72.7 Å². The zero-order valence-corrected chi connectivity index (χ0v) is 12.2. The molecule has 7 heteroatoms. The summed E-state index contributed by atoms with van der Waals surface area (Å²) in [7, 11) is 0. The summed E-state index contributed by atoms with van der Waals surface area (Å²) >= 11 is 1.34. The standard InChI is InChI=1S/C14H13N5OS/c1-10-13(21-9-17-10)14(20)16-8-11-3-5-15-12(7-11)19-6-2-4-18-19/h2-7,9H,8H2,1H3,(H,16,20). The lowest BCUT2D eigenvalue weighted by Gasteiger charge is -2.06. The Morgan fingerprint density at radius 1 is 1.38 bits per heavy atom. The van der Waals surface area contributed by atoms with Crippen LogP contribution in [-0.4, -0.2) is 25.7 Å². The minimum atomic E-state index is -0.104. The molecule has 1 N–H and O–H groups in total. The van der Waals surface area contributed by atoms with Crippen LogP contribution in [0, 0.1) is 6.92 Å². The first-order chi connectivity index (χ1) is 10.2. The van der Waals surface area contributed by atoms with Crippen molar-refractivity contribution in [3.05, 3.63) is 58.4 Å². The largest absolute Gasteiger partial charge is 0.347 e. The van der Waals surface area contributed by atoms with Crippen LogP contribution in [0.3, 0.4) is 0 Å². The van der Waals surface area contributed by atoms with E-state index in [1.165, 1.54) is 11.3 Å². The van der Waals surface area contributed by atoms with Crippen molar-refractivity contribution in [2.24, 2.45) is 0 Å². The van der Waals surface area contributed by atoms with Crippen molar-refractivity contribution in [1.29, 1.82) is 0 Å². The third kappa shape index (κ3) is 2.97. The van der Waals surface area contributed by atoms with Gasteiger partial charge in [-0.25, -0.2) is 14.6 Å². The normalized spacial score (nSPS) is 10.5. The summed E-state index contributed by atoms with van der Waals surface area (Å²) in [5.74, 6) is 0.619. The molecule has 3 aromatic heterocycles. The number of hydrogen-bond acceptors (Lipinski definition) is 5. The molecule has 0 aliphatic rings. The van der Waals surface area contributed by atoms with Gasteiger partial charge in [0.25, 0.3) is 5.91 Å². The van der Waals surface area contributed by atoms with Crippen LogP contribution in [0.1, 0.15) is 20.9 Å². The van der Waals surface area contributed by atoms with E-state index in [2.05, 4.69) is 20.4 Å². The molecule has 0 aliphatic carbocycles. The SMILES string of the molecule is Cc1ncsc1C(=O)NCc1ccnc(-n2cccn2)c1. The molecule has 1 amide bonds. The van der Waals surface area contributed by atoms with E-state index < -0.39 is 0 Å². The number of aromatic nitrogens is 4. The molecule has 0 spiro atoms. The Labute approximate surface area is 125 Å². The van der Waals surface area contributed by atoms with Gasteiger partial charge < -0.3 is 5.32 Å². The third-order valence-electron chi connectivity index (χ3n) is 2.95. The van der Waals surface area contributed by atoms with Gasteiger partial charge >= 0.3 is 0 Å². The molecular formula is C14H13N5OS. The minimum absolute atomic E-state index is 0.104. The van der Waals surface area contributed by atoms with Crippen LogP contribution in [0.25, 0.3) is 5.82 Å². The first-order valence-electron chi connectivity index (χ1n) is 6.37. The Morgan fingerprint density at radius 2 is 2.29 bits per heavy atom. The third-order valence-corrected chi connectivity index (χ3v) is 3.88. The highest BCUT2D eigenvalue weighted by Gasteiger charge is 2.11. The number of thiazole rings is 1. The molecule has 106 valence electrons. The van der Waals surface area contributed by atoms with E-state index in [4.69, 9.17) is 0 Å². The molecule has 0 unspecified atom stereocenters. The monoisotopic (exact) mass is 299 g/mol. The van der Waals surface area contributed by atoms with Crippen LogP contribution in [0.5, 0.6) is 0 Å². The molecule has 3 rings (SSSR count). The number of carbonyl (C=O) groups excluding carboxylic acids is 1. The summed E-state index contributed by atoms with van der Waals surface area (Å²) in [6, 6.07) is 5.60. The van der Waals surface area contributed by atoms with Crippen LogP contribution in [0.4, 0.5) is 0 Å². The zero-order valence-electron chi connectivity index (χ0n) is 11.4. The number of amides is 1. The molecule has 0 radical (unpaired) electrons. The molecule has 6 nitrogen and oxygen atoms in total. The van der Waals surface area contributed by atoms with Gasteiger partial charge in [-0.3, -0.25) is 4.79 Å². The van der Waals surface area contributed by atoms with E-state index in [9.17, 15) is 4.79 Å². The highest BCUT2D eigenvalue weighted by molar-refractivity contribution is 7.11. The molecule has 0 saturated carbocycles. The van der Waals surface area contributed by atoms with E-state index >= 15 is 0 Å². The van der Waals surface area contributed by atoms with Crippen molar-refractivity contribution in [3.8, 4) is 5.82 Å². The Balaban J connectivity index is 1.70. The number of rotatable bonds is 4. The van der Waals surface area contributed by atoms with Crippen LogP contribution >= 0.6 is 11.3 Å². The average molecular weight is 299 g/mol. The second kappa shape index (κ2) is 5.84. The second-order valence-corrected chi connectivity index (χ2v) is 5.28. The zero-order chi connectivity index (χ0) is 14.7. The fourth-order valence-corrected chi connectivity index (χ4v) is 2.60. The van der Waals surface area contributed by atoms with Crippen molar-refractivity contribution in [2.75, 3.05) is 0 Å². The van der Waals surface area contributed by atoms with Gasteiger partial charge in [-0.2, -0.15) is 5.10 Å². The fraction of sp³-hybridized carbons (Fsp3) is 0.143. The lowest BCUT2D eigenvalue weighted by Crippen LogP contribution is -2.22. The summed E-state index contributed by atoms with van der Waals surface area (Å²) in [5.41, 5.74) is 3.39. The van der Waals surface area contributed by atoms with Crippen molar-refractivity contribution in [3.63, 3.8) is 0 Å². The Hall–Kier alpha value is -2.54. The summed E-state index contributed by atoms with van der Waals surface area (Å²) < 4.78 is 1.68. The van der Waals surface area contributed by atoms with Gasteiger partial charge in [0, 0.05) is 25.1 Å². The first kappa shape index (κ1) is 13.4. The lowest BCUT2D eigenvalue weighted by molar-refractivity contribution is 0.0954. The Morgan fingerprint density at radius 3 is 3.00 bits per heavy atom. The Bertz CT molecular complexity index is 750. The van der Waals surface area contributed by atoms with E-state index in [-0.39, 0.29) is 5.91 Å². The van der Waals surface area contributed by atoms with Gasteiger partial charge in [-0.1, -0.05) is 0 Å². The molecule has 0 aliphatic heterocycles. The lowest BCUT2D eigenvalue weighted by atomic mass is 10.2. The van der Waals surface area contributed by atoms with Crippen LogP contribution in [0.15, 0.2) is 42.3 Å². The maximum Gasteiger partial charge on any atom is 0.263 e. The van der Waals surface area contributed by atoms with Crippen molar-refractivity contribution < 1.29 is 4.79 Å². The molecule has 3 heterocycles. The van der Waals surface area contributed by atoms with Gasteiger partial charge in [-0.05, 0) is 30.7 Å². The molecule has 21 heavy (non-hydrogen) atoms. The van der Waals surface area contributed by atoms with Crippen molar-refractivity contribution in [1.82, 2.24) is 25.1 Å². The predicted molar refractivity (Wildman–Crippen MR) is 79.4 cm³/mol. The maximum absolute atomic E-state index is 12.0. The van der Waals surface area contributed by atoms with Crippen LogP contribution < -0.4 is 5.32 Å². The van der Waals surface area contributed by atoms with Gasteiger partial charge in [-0.15, -0.1) is 11.3 Å². The fourth-order valence-electron chi connectivity index (χ4n) is 1.88. The number of nitrogens with one attached hydrogen (secondary N) is 1. The molecule has 3 aromatic rings. The summed E-state index contributed by atoms with van der Waals surface area (Å²) in [5, 5.41) is 7.02. The van der Waals surface area contributed by atoms with Crippen molar-refractivity contribution >= 4 is 17.2 Å². The number of hydrogen-bond donors (Lipinski definition) is 1. The summed E-state index contributed by atoms with van der Waals surface area (Å²) in [4.78, 5) is 21.0. The van der Waals surface area contributed by atoms with E-state index in [1.54, 1.807) is 22.6 Å². The molecule has 0 aromatic carbocycles. The van der Waals surface area contributed by atoms with Crippen molar-refractivity contribution in [2.45, 2.75) is 13.5 Å². The van der Waals surface area contributed by atoms with Gasteiger partial charge in [0.1, 0.15) is 4.88 Å². The summed E-state index contributed by atoms with van der Waals surface area (Å²) in [6.07, 6.45) is 5.23. The molecule has 0 bridgehead atoms. The highest BCUT2D eigenvalue weighted by atomic mass is 32.1. The average Bonchev–Trinajstić information content (AvgIpc) is 3.16. The van der Waals surface area contributed by atoms with E-state index in [1.807, 2.05) is 31.3 Å². The van der Waals surface area contributed by atoms with Gasteiger partial charge in [0.15, 0.2) is 5.82 Å². The molecule has 0 atom stereocenters. The van der Waals surface area contributed by atoms with Crippen LogP contribution in [-0.2, 0) is 6.54 Å². The van der Waals surface area contributed by atoms with E-state index in [0.29, 0.717) is 11.4 Å². The highest BCUT2D eigenvalue weighted by Crippen LogP contribution is 2.12. The first-order valence-corrected chi connectivity index (χ1v) is 7.25. The smallest absolute Gasteiger partial charge is 0.263 e. The second-order valence-electron chi connectivity index (χ2n) is 4.42. The van der Waals surface area contributed by atoms with E-state index in [0.717, 1.165) is 17.1 Å². The van der Waals surface area contributed by atoms with Crippen LogP contribution in [0.2, 0.25) is 0 Å². The number of carbonyl (C=O) groups is 1.